The van der Waals surface area contributed by atoms with E-state index in [4.69, 9.17) is 0 Å². The number of carbonyl (C=O) groups is 1. The van der Waals surface area contributed by atoms with Crippen molar-refractivity contribution in [3.8, 4) is 0 Å². The number of hydrogen-bond acceptors (Lipinski definition) is 2. The Labute approximate surface area is 136 Å². The molecule has 0 aromatic heterocycles. The Hall–Kier alpha value is -2.87. The van der Waals surface area contributed by atoms with E-state index in [1.165, 1.54) is 11.1 Å². The zero-order valence-corrected chi connectivity index (χ0v) is 12.9. The van der Waals surface area contributed by atoms with Crippen LogP contribution < -0.4 is 5.32 Å². The molecule has 2 nitrogen and oxygen atoms in total. The molecule has 3 rings (SSSR count). The number of hydrogen-bond donors (Lipinski definition) is 1. The molecule has 114 valence electrons. The van der Waals surface area contributed by atoms with Crippen LogP contribution in [0.2, 0.25) is 0 Å². The molecule has 0 aliphatic heterocycles. The minimum absolute atomic E-state index is 0.281. The molecule has 0 atom stereocenters. The molecular formula is C21H19NO. The summed E-state index contributed by atoms with van der Waals surface area (Å²) in [6, 6.07) is 28.6. The summed E-state index contributed by atoms with van der Waals surface area (Å²) in [5, 5.41) is 3.48. The molecule has 0 heterocycles. The maximum absolute atomic E-state index is 10.7. The van der Waals surface area contributed by atoms with Crippen LogP contribution in [0, 0.1) is 0 Å². The number of carbonyl (C=O) groups excluding carboxylic acids is 1. The lowest BCUT2D eigenvalue weighted by Gasteiger charge is -2.19. The fourth-order valence-corrected chi connectivity index (χ4v) is 2.70. The fourth-order valence-electron chi connectivity index (χ4n) is 2.70. The van der Waals surface area contributed by atoms with Crippen molar-refractivity contribution in [2.24, 2.45) is 0 Å². The smallest absolute Gasteiger partial charge is 0.150 e. The topological polar surface area (TPSA) is 29.1 Å². The average Bonchev–Trinajstić information content (AvgIpc) is 2.64. The van der Waals surface area contributed by atoms with Gasteiger partial charge in [-0.2, -0.15) is 0 Å². The van der Waals surface area contributed by atoms with Gasteiger partial charge in [0.15, 0.2) is 0 Å². The third kappa shape index (κ3) is 3.86. The van der Waals surface area contributed by atoms with E-state index in [2.05, 4.69) is 53.8 Å². The predicted octanol–water partition coefficient (Wildman–Crippen LogP) is 4.74. The molecule has 0 aliphatic rings. The minimum atomic E-state index is 0.281. The summed E-state index contributed by atoms with van der Waals surface area (Å²) in [6.07, 6.45) is 0.862. The fraction of sp³-hybridized carbons (Fsp3) is 0.0952. The van der Waals surface area contributed by atoms with Crippen molar-refractivity contribution < 1.29 is 4.79 Å². The van der Waals surface area contributed by atoms with E-state index in [0.717, 1.165) is 18.5 Å². The zero-order valence-electron chi connectivity index (χ0n) is 12.9. The lowest BCUT2D eigenvalue weighted by Crippen LogP contribution is -2.14. The Morgan fingerprint density at radius 3 is 1.74 bits per heavy atom. The lowest BCUT2D eigenvalue weighted by atomic mass is 9.91. The van der Waals surface area contributed by atoms with Gasteiger partial charge in [0.1, 0.15) is 6.29 Å². The molecule has 1 N–H and O–H groups in total. The van der Waals surface area contributed by atoms with Gasteiger partial charge in [0, 0.05) is 23.7 Å². The molecule has 0 fully saturated rings. The molecule has 0 amide bonds. The molecule has 3 aromatic rings. The molecule has 2 heteroatoms. The van der Waals surface area contributed by atoms with Gasteiger partial charge in [-0.15, -0.1) is 0 Å². The Bertz CT molecular complexity index is 696. The number of rotatable bonds is 6. The molecule has 23 heavy (non-hydrogen) atoms. The monoisotopic (exact) mass is 301 g/mol. The second-order valence-corrected chi connectivity index (χ2v) is 5.49. The van der Waals surface area contributed by atoms with E-state index in [9.17, 15) is 4.79 Å². The van der Waals surface area contributed by atoms with Gasteiger partial charge in [-0.05, 0) is 35.4 Å². The van der Waals surface area contributed by atoms with Gasteiger partial charge < -0.3 is 5.32 Å². The van der Waals surface area contributed by atoms with Crippen LogP contribution in [0.25, 0.3) is 0 Å². The van der Waals surface area contributed by atoms with Crippen LogP contribution in [-0.4, -0.2) is 12.8 Å². The van der Waals surface area contributed by atoms with E-state index in [0.29, 0.717) is 5.56 Å². The molecule has 0 saturated heterocycles. The minimum Gasteiger partial charge on any atom is -0.384 e. The Kier molecular flexibility index (Phi) is 4.85. The molecule has 3 aromatic carbocycles. The first-order chi connectivity index (χ1) is 11.4. The summed E-state index contributed by atoms with van der Waals surface area (Å²) in [5.74, 6) is 0.281. The molecule has 0 unspecified atom stereocenters. The van der Waals surface area contributed by atoms with E-state index in [-0.39, 0.29) is 5.92 Å². The number of benzene rings is 3. The summed E-state index contributed by atoms with van der Waals surface area (Å²) in [7, 11) is 0. The van der Waals surface area contributed by atoms with Crippen molar-refractivity contribution in [2.45, 2.75) is 5.92 Å². The van der Waals surface area contributed by atoms with E-state index < -0.39 is 0 Å². The first kappa shape index (κ1) is 15.0. The van der Waals surface area contributed by atoms with Crippen molar-refractivity contribution in [3.63, 3.8) is 0 Å². The zero-order chi connectivity index (χ0) is 15.9. The third-order valence-corrected chi connectivity index (χ3v) is 3.96. The highest BCUT2D eigenvalue weighted by molar-refractivity contribution is 5.75. The molecule has 0 spiro atoms. The Balaban J connectivity index is 1.80. The summed E-state index contributed by atoms with van der Waals surface area (Å²) >= 11 is 0. The molecule has 0 bridgehead atoms. The van der Waals surface area contributed by atoms with Crippen LogP contribution in [0.15, 0.2) is 84.9 Å². The maximum Gasteiger partial charge on any atom is 0.150 e. The second kappa shape index (κ2) is 7.41. The molecule has 0 aliphatic carbocycles. The number of aldehydes is 1. The summed E-state index contributed by atoms with van der Waals surface area (Å²) < 4.78 is 0. The lowest BCUT2D eigenvalue weighted by molar-refractivity contribution is 0.112. The maximum atomic E-state index is 10.7. The van der Waals surface area contributed by atoms with Gasteiger partial charge >= 0.3 is 0 Å². The van der Waals surface area contributed by atoms with Crippen molar-refractivity contribution in [2.75, 3.05) is 11.9 Å². The normalized spacial score (nSPS) is 10.5. The highest BCUT2D eigenvalue weighted by Crippen LogP contribution is 2.25. The van der Waals surface area contributed by atoms with Crippen LogP contribution in [0.5, 0.6) is 0 Å². The Morgan fingerprint density at radius 2 is 1.26 bits per heavy atom. The SMILES string of the molecule is O=Cc1ccc(NCC(c2ccccc2)c2ccccc2)cc1. The first-order valence-electron chi connectivity index (χ1n) is 7.76. The van der Waals surface area contributed by atoms with Crippen LogP contribution in [0.4, 0.5) is 5.69 Å². The first-order valence-corrected chi connectivity index (χ1v) is 7.76. The summed E-state index contributed by atoms with van der Waals surface area (Å²) in [5.41, 5.74) is 4.29. The largest absolute Gasteiger partial charge is 0.384 e. The number of nitrogens with one attached hydrogen (secondary N) is 1. The standard InChI is InChI=1S/C21H19NO/c23-16-17-11-13-20(14-12-17)22-15-21(18-7-3-1-4-8-18)19-9-5-2-6-10-19/h1-14,16,21-22H,15H2. The van der Waals surface area contributed by atoms with Crippen molar-refractivity contribution in [1.82, 2.24) is 0 Å². The summed E-state index contributed by atoms with van der Waals surface area (Å²) in [4.78, 5) is 10.7. The quantitative estimate of drug-likeness (QED) is 0.666. The highest BCUT2D eigenvalue weighted by atomic mass is 16.1. The average molecular weight is 301 g/mol. The van der Waals surface area contributed by atoms with Gasteiger partial charge in [-0.3, -0.25) is 4.79 Å². The summed E-state index contributed by atoms with van der Waals surface area (Å²) in [6.45, 7) is 0.800. The van der Waals surface area contributed by atoms with E-state index in [1.807, 2.05) is 36.4 Å². The molecular weight excluding hydrogens is 282 g/mol. The van der Waals surface area contributed by atoms with Crippen LogP contribution >= 0.6 is 0 Å². The second-order valence-electron chi connectivity index (χ2n) is 5.49. The van der Waals surface area contributed by atoms with Gasteiger partial charge in [0.25, 0.3) is 0 Å². The van der Waals surface area contributed by atoms with Gasteiger partial charge in [0.2, 0.25) is 0 Å². The van der Waals surface area contributed by atoms with Crippen LogP contribution in [0.3, 0.4) is 0 Å². The molecule has 0 saturated carbocycles. The van der Waals surface area contributed by atoms with Crippen molar-refractivity contribution >= 4 is 12.0 Å². The van der Waals surface area contributed by atoms with E-state index in [1.54, 1.807) is 0 Å². The van der Waals surface area contributed by atoms with Crippen LogP contribution in [0.1, 0.15) is 27.4 Å². The number of anilines is 1. The van der Waals surface area contributed by atoms with Crippen molar-refractivity contribution in [3.05, 3.63) is 102 Å². The van der Waals surface area contributed by atoms with Gasteiger partial charge in [-0.25, -0.2) is 0 Å². The van der Waals surface area contributed by atoms with Gasteiger partial charge in [-0.1, -0.05) is 60.7 Å². The van der Waals surface area contributed by atoms with E-state index >= 15 is 0 Å². The predicted molar refractivity (Wildman–Crippen MR) is 95.0 cm³/mol. The molecule has 0 radical (unpaired) electrons. The third-order valence-electron chi connectivity index (χ3n) is 3.96. The van der Waals surface area contributed by atoms with Gasteiger partial charge in [0.05, 0.1) is 0 Å². The highest BCUT2D eigenvalue weighted by Gasteiger charge is 2.13. The Morgan fingerprint density at radius 1 is 0.739 bits per heavy atom. The van der Waals surface area contributed by atoms with Crippen molar-refractivity contribution in [1.29, 1.82) is 0 Å². The van der Waals surface area contributed by atoms with Crippen LogP contribution in [-0.2, 0) is 0 Å².